The van der Waals surface area contributed by atoms with Crippen LogP contribution in [0.15, 0.2) is 42.5 Å². The number of rotatable bonds is 4. The highest BCUT2D eigenvalue weighted by Crippen LogP contribution is 2.37. The van der Waals surface area contributed by atoms with Gasteiger partial charge in [-0.25, -0.2) is 0 Å². The fourth-order valence-electron chi connectivity index (χ4n) is 2.93. The topological polar surface area (TPSA) is 44.8 Å². The first kappa shape index (κ1) is 19.9. The quantitative estimate of drug-likeness (QED) is 0.588. The predicted molar refractivity (Wildman–Crippen MR) is 108 cm³/mol. The van der Waals surface area contributed by atoms with Gasteiger partial charge in [0.2, 0.25) is 0 Å². The molecular formula is C21H24BClO4. The number of esters is 1. The minimum Gasteiger partial charge on any atom is -0.469 e. The normalized spacial score (nSPS) is 17.8. The highest BCUT2D eigenvalue weighted by Gasteiger charge is 2.51. The molecule has 2 aromatic rings. The summed E-state index contributed by atoms with van der Waals surface area (Å²) in [5, 5.41) is 0.628. The Kier molecular flexibility index (Phi) is 5.39. The highest BCUT2D eigenvalue weighted by atomic mass is 35.5. The number of methoxy groups -OCH3 is 1. The Balaban J connectivity index is 1.81. The molecule has 1 aliphatic rings. The Morgan fingerprint density at radius 3 is 2.15 bits per heavy atom. The van der Waals surface area contributed by atoms with Crippen molar-refractivity contribution >= 4 is 30.2 Å². The third kappa shape index (κ3) is 4.05. The molecule has 0 unspecified atom stereocenters. The van der Waals surface area contributed by atoms with Crippen molar-refractivity contribution in [1.29, 1.82) is 0 Å². The lowest BCUT2D eigenvalue weighted by Gasteiger charge is -2.32. The molecule has 142 valence electrons. The summed E-state index contributed by atoms with van der Waals surface area (Å²) in [6.07, 6.45) is 0.255. The van der Waals surface area contributed by atoms with Gasteiger partial charge >= 0.3 is 13.1 Å². The maximum atomic E-state index is 11.4. The zero-order chi connectivity index (χ0) is 19.8. The van der Waals surface area contributed by atoms with Crippen LogP contribution in [0.2, 0.25) is 5.02 Å². The average molecular weight is 387 g/mol. The summed E-state index contributed by atoms with van der Waals surface area (Å²) < 4.78 is 16.9. The minimum absolute atomic E-state index is 0.255. The van der Waals surface area contributed by atoms with Gasteiger partial charge in [-0.2, -0.15) is 0 Å². The van der Waals surface area contributed by atoms with Gasteiger partial charge in [-0.1, -0.05) is 48.0 Å². The van der Waals surface area contributed by atoms with Gasteiger partial charge in [0.05, 0.1) is 24.7 Å². The highest BCUT2D eigenvalue weighted by molar-refractivity contribution is 6.62. The first-order valence-corrected chi connectivity index (χ1v) is 9.32. The van der Waals surface area contributed by atoms with Gasteiger partial charge in [0.25, 0.3) is 0 Å². The lowest BCUT2D eigenvalue weighted by atomic mass is 9.78. The Hall–Kier alpha value is -1.82. The van der Waals surface area contributed by atoms with Gasteiger partial charge in [-0.15, -0.1) is 0 Å². The first-order chi connectivity index (χ1) is 12.6. The van der Waals surface area contributed by atoms with Crippen molar-refractivity contribution < 1.29 is 18.8 Å². The molecule has 0 atom stereocenters. The van der Waals surface area contributed by atoms with Crippen LogP contribution in [0.4, 0.5) is 0 Å². The van der Waals surface area contributed by atoms with Crippen molar-refractivity contribution in [2.45, 2.75) is 45.3 Å². The van der Waals surface area contributed by atoms with E-state index in [9.17, 15) is 4.79 Å². The number of carbonyl (C=O) groups is 1. The molecule has 2 aromatic carbocycles. The van der Waals surface area contributed by atoms with Gasteiger partial charge in [0, 0.05) is 10.6 Å². The van der Waals surface area contributed by atoms with E-state index in [1.165, 1.54) is 7.11 Å². The Labute approximate surface area is 165 Å². The monoisotopic (exact) mass is 386 g/mol. The molecule has 27 heavy (non-hydrogen) atoms. The number of ether oxygens (including phenoxy) is 1. The van der Waals surface area contributed by atoms with E-state index in [-0.39, 0.29) is 12.4 Å². The molecule has 4 nitrogen and oxygen atoms in total. The molecule has 0 aliphatic carbocycles. The number of carbonyl (C=O) groups excluding carboxylic acids is 1. The summed E-state index contributed by atoms with van der Waals surface area (Å²) >= 11 is 6.55. The Morgan fingerprint density at radius 2 is 1.63 bits per heavy atom. The van der Waals surface area contributed by atoms with Gasteiger partial charge < -0.3 is 14.0 Å². The van der Waals surface area contributed by atoms with Gasteiger partial charge in [0.15, 0.2) is 0 Å². The van der Waals surface area contributed by atoms with Crippen molar-refractivity contribution in [2.75, 3.05) is 7.11 Å². The lowest BCUT2D eigenvalue weighted by Crippen LogP contribution is -2.41. The third-order valence-electron chi connectivity index (χ3n) is 5.36. The second-order valence-electron chi connectivity index (χ2n) is 7.78. The summed E-state index contributed by atoms with van der Waals surface area (Å²) in [4.78, 5) is 11.4. The molecule has 0 bridgehead atoms. The zero-order valence-electron chi connectivity index (χ0n) is 16.3. The second-order valence-corrected chi connectivity index (χ2v) is 8.18. The Bertz CT molecular complexity index is 830. The molecule has 3 rings (SSSR count). The van der Waals surface area contributed by atoms with Crippen molar-refractivity contribution in [1.82, 2.24) is 0 Å². The summed E-state index contributed by atoms with van der Waals surface area (Å²) in [6, 6.07) is 13.6. The molecule has 0 amide bonds. The van der Waals surface area contributed by atoms with Gasteiger partial charge in [-0.05, 0) is 50.4 Å². The zero-order valence-corrected chi connectivity index (χ0v) is 17.1. The van der Waals surface area contributed by atoms with E-state index >= 15 is 0 Å². The number of hydrogen-bond acceptors (Lipinski definition) is 4. The van der Waals surface area contributed by atoms with E-state index in [1.807, 2.05) is 70.2 Å². The first-order valence-electron chi connectivity index (χ1n) is 8.94. The largest absolute Gasteiger partial charge is 0.494 e. The van der Waals surface area contributed by atoms with E-state index in [1.54, 1.807) is 0 Å². The molecule has 0 saturated carbocycles. The van der Waals surface area contributed by atoms with Gasteiger partial charge in [-0.3, -0.25) is 4.79 Å². The number of hydrogen-bond donors (Lipinski definition) is 0. The van der Waals surface area contributed by atoms with Crippen molar-refractivity contribution in [2.24, 2.45) is 0 Å². The van der Waals surface area contributed by atoms with Crippen LogP contribution in [0.1, 0.15) is 33.3 Å². The molecule has 0 radical (unpaired) electrons. The van der Waals surface area contributed by atoms with Crippen LogP contribution in [0.25, 0.3) is 11.1 Å². The van der Waals surface area contributed by atoms with Crippen LogP contribution >= 0.6 is 11.6 Å². The summed E-state index contributed by atoms with van der Waals surface area (Å²) in [6.45, 7) is 8.11. The molecule has 1 aliphatic heterocycles. The molecule has 1 fully saturated rings. The summed E-state index contributed by atoms with van der Waals surface area (Å²) in [5.41, 5.74) is 2.91. The second kappa shape index (κ2) is 7.31. The maximum absolute atomic E-state index is 11.4. The predicted octanol–water partition coefficient (Wildman–Crippen LogP) is 4.02. The van der Waals surface area contributed by atoms with Crippen LogP contribution < -0.4 is 5.46 Å². The fraction of sp³-hybridized carbons (Fsp3) is 0.381. The van der Waals surface area contributed by atoms with E-state index in [0.717, 1.165) is 22.2 Å². The van der Waals surface area contributed by atoms with Crippen LogP contribution in [0.5, 0.6) is 0 Å². The van der Waals surface area contributed by atoms with Crippen LogP contribution in [0, 0.1) is 0 Å². The van der Waals surface area contributed by atoms with E-state index in [2.05, 4.69) is 0 Å². The summed E-state index contributed by atoms with van der Waals surface area (Å²) in [7, 11) is 0.946. The van der Waals surface area contributed by atoms with Crippen molar-refractivity contribution in [3.63, 3.8) is 0 Å². The van der Waals surface area contributed by atoms with E-state index in [0.29, 0.717) is 5.02 Å². The number of benzene rings is 2. The Morgan fingerprint density at radius 1 is 1.04 bits per heavy atom. The molecular weight excluding hydrogens is 362 g/mol. The smallest absolute Gasteiger partial charge is 0.469 e. The van der Waals surface area contributed by atoms with Crippen LogP contribution in [-0.2, 0) is 25.3 Å². The standard InChI is InChI=1S/C21H24BClO4/c1-20(2)21(3,4)27-22(26-20)16-10-11-17(18(23)13-16)15-8-6-14(7-9-15)12-19(24)25-5/h6-11,13H,12H2,1-5H3. The lowest BCUT2D eigenvalue weighted by molar-refractivity contribution is -0.139. The maximum Gasteiger partial charge on any atom is 0.494 e. The molecule has 0 spiro atoms. The molecule has 6 heteroatoms. The van der Waals surface area contributed by atoms with Crippen LogP contribution in [0.3, 0.4) is 0 Å². The molecule has 0 N–H and O–H groups in total. The van der Waals surface area contributed by atoms with E-state index in [4.69, 9.17) is 25.6 Å². The van der Waals surface area contributed by atoms with Gasteiger partial charge in [0.1, 0.15) is 0 Å². The SMILES string of the molecule is COC(=O)Cc1ccc(-c2ccc(B3OC(C)(C)C(C)(C)O3)cc2Cl)cc1. The summed E-state index contributed by atoms with van der Waals surface area (Å²) in [5.74, 6) is -0.257. The van der Waals surface area contributed by atoms with Crippen molar-refractivity contribution in [3.05, 3.63) is 53.1 Å². The average Bonchev–Trinajstić information content (AvgIpc) is 2.83. The van der Waals surface area contributed by atoms with E-state index < -0.39 is 18.3 Å². The van der Waals surface area contributed by atoms with Crippen molar-refractivity contribution in [3.8, 4) is 11.1 Å². The molecule has 0 aromatic heterocycles. The molecule has 1 saturated heterocycles. The fourth-order valence-corrected chi connectivity index (χ4v) is 3.23. The van der Waals surface area contributed by atoms with Crippen LogP contribution in [-0.4, -0.2) is 31.4 Å². The minimum atomic E-state index is -0.441. The molecule has 1 heterocycles. The number of halogens is 1. The third-order valence-corrected chi connectivity index (χ3v) is 5.67.